The van der Waals surface area contributed by atoms with E-state index in [9.17, 15) is 35.9 Å². The number of aromatic nitrogens is 3. The van der Waals surface area contributed by atoms with Crippen LogP contribution in [0.3, 0.4) is 0 Å². The summed E-state index contributed by atoms with van der Waals surface area (Å²) >= 11 is 0. The maximum absolute atomic E-state index is 13.0. The maximum atomic E-state index is 13.0. The molecule has 7 nitrogen and oxygen atoms in total. The van der Waals surface area contributed by atoms with Crippen LogP contribution in [0.15, 0.2) is 29.5 Å². The number of nitrogens with zero attached hydrogens (tertiary/aromatic N) is 4. The highest BCUT2D eigenvalue weighted by molar-refractivity contribution is 5.80. The summed E-state index contributed by atoms with van der Waals surface area (Å²) in [6.07, 6.45) is -5.84. The fourth-order valence-corrected chi connectivity index (χ4v) is 4.79. The van der Waals surface area contributed by atoms with Crippen LogP contribution in [0.5, 0.6) is 0 Å². The molecule has 0 bridgehead atoms. The van der Waals surface area contributed by atoms with Gasteiger partial charge >= 0.3 is 12.4 Å². The maximum Gasteiger partial charge on any atom is 0.421 e. The average Bonchev–Trinajstić information content (AvgIpc) is 2.72. The van der Waals surface area contributed by atoms with Gasteiger partial charge in [-0.3, -0.25) is 9.59 Å². The molecular formula is C22H23F6N5O2. The highest BCUT2D eigenvalue weighted by Gasteiger charge is 2.42. The van der Waals surface area contributed by atoms with Gasteiger partial charge in [0, 0.05) is 49.7 Å². The Bertz CT molecular complexity index is 1130. The molecule has 1 saturated heterocycles. The Labute approximate surface area is 196 Å². The number of amides is 1. The van der Waals surface area contributed by atoms with Gasteiger partial charge in [0.15, 0.2) is 0 Å². The lowest BCUT2D eigenvalue weighted by atomic mass is 9.71. The van der Waals surface area contributed by atoms with Gasteiger partial charge in [-0.15, -0.1) is 0 Å². The third-order valence-corrected chi connectivity index (χ3v) is 6.62. The van der Waals surface area contributed by atoms with E-state index in [1.54, 1.807) is 9.80 Å². The number of aromatic amines is 1. The Hall–Kier alpha value is -3.12. The second kappa shape index (κ2) is 8.83. The van der Waals surface area contributed by atoms with Crippen LogP contribution in [0.2, 0.25) is 0 Å². The van der Waals surface area contributed by atoms with Crippen molar-refractivity contribution >= 4 is 11.9 Å². The van der Waals surface area contributed by atoms with E-state index >= 15 is 0 Å². The van der Waals surface area contributed by atoms with E-state index in [1.165, 1.54) is 6.20 Å². The molecule has 1 amide bonds. The quantitative estimate of drug-likeness (QED) is 0.645. The molecule has 1 aliphatic carbocycles. The summed E-state index contributed by atoms with van der Waals surface area (Å²) in [6.45, 7) is 4.26. The number of anilines is 1. The molecule has 2 aliphatic rings. The Morgan fingerprint density at radius 3 is 2.09 bits per heavy atom. The number of carbonyl (C=O) groups excluding carboxylic acids is 1. The third-order valence-electron chi connectivity index (χ3n) is 6.62. The van der Waals surface area contributed by atoms with Crippen LogP contribution in [0.1, 0.15) is 49.3 Å². The molecule has 1 saturated carbocycles. The van der Waals surface area contributed by atoms with Crippen LogP contribution < -0.4 is 10.5 Å². The van der Waals surface area contributed by atoms with Gasteiger partial charge in [-0.2, -0.15) is 26.3 Å². The van der Waals surface area contributed by atoms with Gasteiger partial charge in [0.2, 0.25) is 11.9 Å². The summed E-state index contributed by atoms with van der Waals surface area (Å²) in [7, 11) is 0. The van der Waals surface area contributed by atoms with Crippen molar-refractivity contribution in [2.45, 2.75) is 57.0 Å². The number of pyridine rings is 1. The molecule has 0 spiro atoms. The number of rotatable bonds is 3. The number of H-pyrrole nitrogens is 1. The number of carbonyl (C=O) groups is 1. The zero-order valence-electron chi connectivity index (χ0n) is 18.8. The lowest BCUT2D eigenvalue weighted by Crippen LogP contribution is -2.60. The molecule has 1 aliphatic heterocycles. The average molecular weight is 503 g/mol. The summed E-state index contributed by atoms with van der Waals surface area (Å²) < 4.78 is 77.4. The molecule has 4 rings (SSSR count). The molecule has 3 heterocycles. The molecule has 0 unspecified atom stereocenters. The molecule has 0 radical (unpaired) electrons. The van der Waals surface area contributed by atoms with Crippen molar-refractivity contribution in [3.05, 3.63) is 51.7 Å². The Morgan fingerprint density at radius 1 is 1.00 bits per heavy atom. The van der Waals surface area contributed by atoms with Gasteiger partial charge in [0.1, 0.15) is 5.56 Å². The SMILES string of the molecule is C[C@@H]1CN(C(=O)C2CC(c3c[nH]c(=O)c(C(F)(F)F)c3)C2)C[C@H](C)N1c1ncc(C(F)(F)F)cn1. The Balaban J connectivity index is 1.38. The number of piperazine rings is 1. The van der Waals surface area contributed by atoms with Gasteiger partial charge in [-0.1, -0.05) is 0 Å². The van der Waals surface area contributed by atoms with E-state index in [0.29, 0.717) is 31.5 Å². The van der Waals surface area contributed by atoms with E-state index in [2.05, 4.69) is 15.0 Å². The van der Waals surface area contributed by atoms with Crippen LogP contribution in [-0.2, 0) is 17.1 Å². The molecule has 35 heavy (non-hydrogen) atoms. The molecule has 2 fully saturated rings. The molecule has 13 heteroatoms. The van der Waals surface area contributed by atoms with Gasteiger partial charge in [-0.25, -0.2) is 9.97 Å². The van der Waals surface area contributed by atoms with Gasteiger partial charge in [0.05, 0.1) is 5.56 Å². The zero-order chi connectivity index (χ0) is 25.7. The number of hydrogen-bond donors (Lipinski definition) is 1. The highest BCUT2D eigenvalue weighted by Crippen LogP contribution is 2.43. The Kier molecular flexibility index (Phi) is 6.30. The van der Waals surface area contributed by atoms with E-state index in [-0.39, 0.29) is 35.8 Å². The van der Waals surface area contributed by atoms with Crippen molar-refractivity contribution in [2.75, 3.05) is 18.0 Å². The zero-order valence-corrected chi connectivity index (χ0v) is 18.8. The summed E-state index contributed by atoms with van der Waals surface area (Å²) in [5, 5.41) is 0. The third kappa shape index (κ3) is 4.98. The highest BCUT2D eigenvalue weighted by atomic mass is 19.4. The van der Waals surface area contributed by atoms with Crippen LogP contribution in [0.25, 0.3) is 0 Å². The first-order valence-corrected chi connectivity index (χ1v) is 11.0. The standard InChI is InChI=1S/C22H23F6N5O2/c1-11-9-32(10-12(2)33(11)20-30-7-16(8-31-20)21(23,24)25)19(35)14-3-13(4-14)15-5-17(22(26,27)28)18(34)29-6-15/h5-8,11-14H,3-4,9-10H2,1-2H3,(H,29,34)/t11-,12+,13?,14?. The molecule has 2 aromatic rings. The lowest BCUT2D eigenvalue weighted by Gasteiger charge is -2.47. The molecular weight excluding hydrogens is 480 g/mol. The largest absolute Gasteiger partial charge is 0.421 e. The van der Waals surface area contributed by atoms with Crippen molar-refractivity contribution in [3.8, 4) is 0 Å². The van der Waals surface area contributed by atoms with Gasteiger partial charge < -0.3 is 14.8 Å². The monoisotopic (exact) mass is 503 g/mol. The first-order chi connectivity index (χ1) is 16.3. The first kappa shape index (κ1) is 25.0. The summed E-state index contributed by atoms with van der Waals surface area (Å²) in [5.41, 5.74) is -3.06. The predicted molar refractivity (Wildman–Crippen MR) is 113 cm³/mol. The number of nitrogens with one attached hydrogen (secondary N) is 1. The minimum Gasteiger partial charge on any atom is -0.338 e. The van der Waals surface area contributed by atoms with Crippen molar-refractivity contribution < 1.29 is 31.1 Å². The van der Waals surface area contributed by atoms with Crippen LogP contribution in [0, 0.1) is 5.92 Å². The predicted octanol–water partition coefficient (Wildman–Crippen LogP) is 3.82. The van der Waals surface area contributed by atoms with Crippen molar-refractivity contribution in [3.63, 3.8) is 0 Å². The van der Waals surface area contributed by atoms with Crippen molar-refractivity contribution in [1.29, 1.82) is 0 Å². The molecule has 2 atom stereocenters. The summed E-state index contributed by atoms with van der Waals surface area (Å²) in [5.74, 6) is -0.589. The smallest absolute Gasteiger partial charge is 0.338 e. The molecule has 0 aromatic carbocycles. The van der Waals surface area contributed by atoms with Crippen molar-refractivity contribution in [2.24, 2.45) is 5.92 Å². The van der Waals surface area contributed by atoms with Crippen molar-refractivity contribution in [1.82, 2.24) is 19.9 Å². The first-order valence-electron chi connectivity index (χ1n) is 11.0. The fourth-order valence-electron chi connectivity index (χ4n) is 4.79. The lowest BCUT2D eigenvalue weighted by molar-refractivity contribution is -0.141. The van der Waals surface area contributed by atoms with Crippen LogP contribution in [0.4, 0.5) is 32.3 Å². The van der Waals surface area contributed by atoms with Crippen LogP contribution in [-0.4, -0.2) is 50.9 Å². The van der Waals surface area contributed by atoms with E-state index < -0.39 is 29.0 Å². The molecule has 2 aromatic heterocycles. The Morgan fingerprint density at radius 2 is 1.57 bits per heavy atom. The topological polar surface area (TPSA) is 82.2 Å². The van der Waals surface area contributed by atoms with E-state index in [4.69, 9.17) is 0 Å². The number of alkyl halides is 6. The molecule has 190 valence electrons. The van der Waals surface area contributed by atoms with Crippen LogP contribution >= 0.6 is 0 Å². The second-order valence-corrected chi connectivity index (χ2v) is 9.16. The van der Waals surface area contributed by atoms with Gasteiger partial charge in [0.25, 0.3) is 5.56 Å². The molecule has 1 N–H and O–H groups in total. The normalized spacial score (nSPS) is 25.4. The summed E-state index contributed by atoms with van der Waals surface area (Å²) in [6, 6.07) is 0.324. The fraction of sp³-hybridized carbons (Fsp3) is 0.545. The minimum atomic E-state index is -4.76. The number of hydrogen-bond acceptors (Lipinski definition) is 5. The van der Waals surface area contributed by atoms with E-state index in [1.807, 2.05) is 13.8 Å². The van der Waals surface area contributed by atoms with Gasteiger partial charge in [-0.05, 0) is 44.2 Å². The van der Waals surface area contributed by atoms with E-state index in [0.717, 1.165) is 18.5 Å². The second-order valence-electron chi connectivity index (χ2n) is 9.16. The minimum absolute atomic E-state index is 0.117. The number of halogens is 6. The summed E-state index contributed by atoms with van der Waals surface area (Å²) in [4.78, 5) is 37.8.